The molecule has 0 aliphatic rings. The van der Waals surface area contributed by atoms with E-state index in [0.717, 1.165) is 0 Å². The van der Waals surface area contributed by atoms with Gasteiger partial charge in [-0.25, -0.2) is 18.1 Å². The Labute approximate surface area is 86.2 Å². The van der Waals surface area contributed by atoms with Crippen LogP contribution in [0.2, 0.25) is 0 Å². The largest absolute Gasteiger partial charge is 0.409 e. The molecule has 0 spiro atoms. The maximum Gasteiger partial charge on any atom is 0.257 e. The minimum Gasteiger partial charge on any atom is -0.409 e. The molecule has 0 saturated carbocycles. The fraction of sp³-hybridized carbons (Fsp3) is 0.333. The van der Waals surface area contributed by atoms with Crippen LogP contribution >= 0.6 is 0 Å². The Balaban J connectivity index is 2.52. The molecule has 15 heavy (non-hydrogen) atoms. The van der Waals surface area contributed by atoms with Crippen molar-refractivity contribution in [2.45, 2.75) is 11.4 Å². The third kappa shape index (κ3) is 3.22. The summed E-state index contributed by atoms with van der Waals surface area (Å²) in [6.07, 6.45) is 2.58. The van der Waals surface area contributed by atoms with Crippen LogP contribution in [0.1, 0.15) is 6.42 Å². The average Bonchev–Trinajstić information content (AvgIpc) is 2.70. The summed E-state index contributed by atoms with van der Waals surface area (Å²) in [6.45, 7) is 0.0528. The predicted octanol–water partition coefficient (Wildman–Crippen LogP) is -1.18. The van der Waals surface area contributed by atoms with Gasteiger partial charge in [-0.15, -0.1) is 0 Å². The number of aromatic amines is 1. The number of hydrogen-bond acceptors (Lipinski definition) is 5. The second-order valence-corrected chi connectivity index (χ2v) is 4.39. The van der Waals surface area contributed by atoms with Crippen molar-refractivity contribution in [2.24, 2.45) is 10.9 Å². The lowest BCUT2D eigenvalue weighted by atomic mass is 10.4. The number of nitrogens with two attached hydrogens (primary N) is 1. The van der Waals surface area contributed by atoms with Gasteiger partial charge in [-0.05, 0) is 0 Å². The third-order valence-corrected chi connectivity index (χ3v) is 2.95. The Kier molecular flexibility index (Phi) is 3.63. The Hall–Kier alpha value is -1.61. The van der Waals surface area contributed by atoms with Gasteiger partial charge >= 0.3 is 0 Å². The van der Waals surface area contributed by atoms with E-state index in [0.29, 0.717) is 0 Å². The summed E-state index contributed by atoms with van der Waals surface area (Å²) >= 11 is 0. The lowest BCUT2D eigenvalue weighted by Crippen LogP contribution is -2.28. The van der Waals surface area contributed by atoms with Crippen LogP contribution in [-0.4, -0.2) is 36.0 Å². The molecule has 1 heterocycles. The molecule has 9 heteroatoms. The molecule has 8 nitrogen and oxygen atoms in total. The summed E-state index contributed by atoms with van der Waals surface area (Å²) in [5.41, 5.74) is 5.17. The number of imidazole rings is 1. The number of aromatic nitrogens is 2. The van der Waals surface area contributed by atoms with Crippen LogP contribution in [0.5, 0.6) is 0 Å². The van der Waals surface area contributed by atoms with Gasteiger partial charge in [0.15, 0.2) is 5.03 Å². The van der Waals surface area contributed by atoms with Crippen molar-refractivity contribution >= 4 is 15.9 Å². The monoisotopic (exact) mass is 233 g/mol. The van der Waals surface area contributed by atoms with E-state index in [9.17, 15) is 8.42 Å². The van der Waals surface area contributed by atoms with Gasteiger partial charge in [0.1, 0.15) is 5.84 Å². The molecule has 0 aromatic carbocycles. The molecule has 1 aromatic heterocycles. The van der Waals surface area contributed by atoms with Crippen molar-refractivity contribution in [2.75, 3.05) is 6.54 Å². The first-order valence-electron chi connectivity index (χ1n) is 4.00. The summed E-state index contributed by atoms with van der Waals surface area (Å²) in [6, 6.07) is 0. The highest BCUT2D eigenvalue weighted by Crippen LogP contribution is 2.01. The molecule has 0 aliphatic carbocycles. The molecule has 1 aromatic rings. The van der Waals surface area contributed by atoms with Crippen molar-refractivity contribution in [3.63, 3.8) is 0 Å². The summed E-state index contributed by atoms with van der Waals surface area (Å²) < 4.78 is 25.1. The molecular formula is C6H11N5O3S. The third-order valence-electron chi connectivity index (χ3n) is 1.56. The van der Waals surface area contributed by atoms with Gasteiger partial charge in [0.2, 0.25) is 0 Å². The van der Waals surface area contributed by atoms with Crippen LogP contribution < -0.4 is 10.5 Å². The minimum absolute atomic E-state index is 0.0259. The first-order chi connectivity index (χ1) is 7.06. The molecule has 5 N–H and O–H groups in total. The van der Waals surface area contributed by atoms with Gasteiger partial charge in [-0.3, -0.25) is 0 Å². The van der Waals surface area contributed by atoms with Crippen molar-refractivity contribution in [1.82, 2.24) is 14.7 Å². The van der Waals surface area contributed by atoms with E-state index in [4.69, 9.17) is 10.9 Å². The topological polar surface area (TPSA) is 133 Å². The van der Waals surface area contributed by atoms with Gasteiger partial charge < -0.3 is 15.9 Å². The fourth-order valence-corrected chi connectivity index (χ4v) is 1.77. The van der Waals surface area contributed by atoms with E-state index in [1.807, 2.05) is 0 Å². The highest BCUT2D eigenvalue weighted by atomic mass is 32.2. The van der Waals surface area contributed by atoms with Crippen LogP contribution in [0.4, 0.5) is 0 Å². The number of rotatable bonds is 5. The van der Waals surface area contributed by atoms with Gasteiger partial charge in [-0.1, -0.05) is 5.16 Å². The predicted molar refractivity (Wildman–Crippen MR) is 51.8 cm³/mol. The number of amidine groups is 1. The normalized spacial score (nSPS) is 12.9. The summed E-state index contributed by atoms with van der Waals surface area (Å²) in [5.74, 6) is -0.0395. The van der Waals surface area contributed by atoms with Crippen LogP contribution in [-0.2, 0) is 10.0 Å². The molecule has 0 unspecified atom stereocenters. The van der Waals surface area contributed by atoms with Crippen molar-refractivity contribution < 1.29 is 13.6 Å². The molecule has 0 saturated heterocycles. The zero-order valence-corrected chi connectivity index (χ0v) is 8.53. The molecule has 1 rings (SSSR count). The van der Waals surface area contributed by atoms with Gasteiger partial charge in [-0.2, -0.15) is 0 Å². The number of sulfonamides is 1. The van der Waals surface area contributed by atoms with Crippen LogP contribution in [0.3, 0.4) is 0 Å². The molecule has 0 bridgehead atoms. The van der Waals surface area contributed by atoms with E-state index in [-0.39, 0.29) is 23.8 Å². The molecule has 0 atom stereocenters. The van der Waals surface area contributed by atoms with Crippen LogP contribution in [0.15, 0.2) is 22.7 Å². The number of oxime groups is 1. The SMILES string of the molecule is NC(CCNS(=O)(=O)c1cnc[nH]1)=NO. The van der Waals surface area contributed by atoms with E-state index in [1.54, 1.807) is 0 Å². The Morgan fingerprint density at radius 1 is 1.73 bits per heavy atom. The zero-order valence-electron chi connectivity index (χ0n) is 7.71. The van der Waals surface area contributed by atoms with Crippen molar-refractivity contribution in [3.8, 4) is 0 Å². The number of nitrogens with zero attached hydrogens (tertiary/aromatic N) is 2. The lowest BCUT2D eigenvalue weighted by Gasteiger charge is -2.03. The molecule has 84 valence electrons. The summed E-state index contributed by atoms with van der Waals surface area (Å²) in [5, 5.41) is 10.9. The number of nitrogens with one attached hydrogen (secondary N) is 2. The number of H-pyrrole nitrogens is 1. The number of hydrogen-bond donors (Lipinski definition) is 4. The first kappa shape index (κ1) is 11.5. The van der Waals surface area contributed by atoms with Crippen molar-refractivity contribution in [3.05, 3.63) is 12.5 Å². The quantitative estimate of drug-likeness (QED) is 0.220. The molecule has 0 radical (unpaired) electrons. The highest BCUT2D eigenvalue weighted by Gasteiger charge is 2.14. The maximum absolute atomic E-state index is 11.4. The Morgan fingerprint density at radius 2 is 2.47 bits per heavy atom. The smallest absolute Gasteiger partial charge is 0.257 e. The molecular weight excluding hydrogens is 222 g/mol. The summed E-state index contributed by atoms with van der Waals surface area (Å²) in [7, 11) is -3.58. The Bertz CT molecular complexity index is 424. The van der Waals surface area contributed by atoms with Crippen LogP contribution in [0, 0.1) is 0 Å². The van der Waals surface area contributed by atoms with Crippen molar-refractivity contribution in [1.29, 1.82) is 0 Å². The average molecular weight is 233 g/mol. The molecule has 0 amide bonds. The second-order valence-electron chi connectivity index (χ2n) is 2.65. The lowest BCUT2D eigenvalue weighted by molar-refractivity contribution is 0.317. The Morgan fingerprint density at radius 3 is 3.00 bits per heavy atom. The maximum atomic E-state index is 11.4. The van der Waals surface area contributed by atoms with Gasteiger partial charge in [0.05, 0.1) is 12.5 Å². The van der Waals surface area contributed by atoms with E-state index >= 15 is 0 Å². The van der Waals surface area contributed by atoms with E-state index < -0.39 is 10.0 Å². The first-order valence-corrected chi connectivity index (χ1v) is 5.49. The fourth-order valence-electron chi connectivity index (χ4n) is 0.831. The van der Waals surface area contributed by atoms with Gasteiger partial charge in [0.25, 0.3) is 10.0 Å². The van der Waals surface area contributed by atoms with Crippen LogP contribution in [0.25, 0.3) is 0 Å². The van der Waals surface area contributed by atoms with E-state index in [2.05, 4.69) is 19.8 Å². The second kappa shape index (κ2) is 4.75. The standard InChI is InChI=1S/C6H11N5O3S/c7-5(11-12)1-2-10-15(13,14)6-3-8-4-9-6/h3-4,10,12H,1-2H2,(H2,7,11)(H,8,9). The van der Waals surface area contributed by atoms with Gasteiger partial charge in [0, 0.05) is 13.0 Å². The summed E-state index contributed by atoms with van der Waals surface area (Å²) in [4.78, 5) is 6.04. The molecule has 0 fully saturated rings. The zero-order chi connectivity index (χ0) is 11.3. The highest BCUT2D eigenvalue weighted by molar-refractivity contribution is 7.89. The minimum atomic E-state index is -3.58. The van der Waals surface area contributed by atoms with E-state index in [1.165, 1.54) is 12.5 Å². The molecule has 0 aliphatic heterocycles.